The number of hydrogen-bond acceptors (Lipinski definition) is 7. The molecule has 1 aliphatic rings. The highest BCUT2D eigenvalue weighted by Gasteiger charge is 2.30. The predicted molar refractivity (Wildman–Crippen MR) is 153 cm³/mol. The largest absolute Gasteiger partial charge is 0.481 e. The van der Waals surface area contributed by atoms with Gasteiger partial charge >= 0.3 is 12.1 Å². The Morgan fingerprint density at radius 1 is 1.02 bits per heavy atom. The number of nitrogens with one attached hydrogen (secondary N) is 3. The van der Waals surface area contributed by atoms with Gasteiger partial charge in [-0.25, -0.2) is 4.79 Å². The zero-order valence-corrected chi connectivity index (χ0v) is 24.5. The Labute approximate surface area is 242 Å². The lowest BCUT2D eigenvalue weighted by Crippen LogP contribution is -2.51. The number of carboxylic acid groups (broad SMARTS) is 1. The third-order valence-corrected chi connectivity index (χ3v) is 6.83. The van der Waals surface area contributed by atoms with E-state index in [-0.39, 0.29) is 32.4 Å². The number of hydrogen-bond donors (Lipinski definition) is 5. The quantitative estimate of drug-likeness (QED) is 0.187. The van der Waals surface area contributed by atoms with Crippen LogP contribution in [0.1, 0.15) is 84.1 Å². The molecule has 0 saturated heterocycles. The third kappa shape index (κ3) is 14.9. The number of aliphatic hydroxyl groups excluding tert-OH is 1. The molecule has 1 aromatic carbocycles. The van der Waals surface area contributed by atoms with E-state index in [0.717, 1.165) is 37.7 Å². The maximum Gasteiger partial charge on any atom is 0.407 e. The molecule has 230 valence electrons. The Bertz CT molecular complexity index is 960. The van der Waals surface area contributed by atoms with Crippen molar-refractivity contribution < 1.29 is 38.9 Å². The SMILES string of the molecule is CC(C)(C)OC(=O)N[C@@H](CC1CCCCC1)[C@@H](O)CC(=O)N[C@@H](CCC(=O)O)C(=O)NCCOCc1ccccc1. The van der Waals surface area contributed by atoms with Crippen molar-refractivity contribution in [3.8, 4) is 0 Å². The van der Waals surface area contributed by atoms with Gasteiger partial charge in [0.25, 0.3) is 0 Å². The van der Waals surface area contributed by atoms with Crippen LogP contribution in [0.2, 0.25) is 0 Å². The first-order chi connectivity index (χ1) is 19.4. The Hall–Kier alpha value is -3.18. The van der Waals surface area contributed by atoms with Crippen LogP contribution in [-0.2, 0) is 30.5 Å². The lowest BCUT2D eigenvalue weighted by molar-refractivity contribution is -0.138. The van der Waals surface area contributed by atoms with Gasteiger partial charge in [0.05, 0.1) is 31.8 Å². The number of aliphatic hydroxyl groups is 1. The summed E-state index contributed by atoms with van der Waals surface area (Å²) in [6, 6.07) is 7.74. The second-order valence-corrected chi connectivity index (χ2v) is 11.6. The summed E-state index contributed by atoms with van der Waals surface area (Å²) in [5.41, 5.74) is 0.269. The molecule has 1 fully saturated rings. The predicted octanol–water partition coefficient (Wildman–Crippen LogP) is 3.28. The van der Waals surface area contributed by atoms with Crippen molar-refractivity contribution in [2.24, 2.45) is 5.92 Å². The molecule has 11 heteroatoms. The van der Waals surface area contributed by atoms with E-state index in [1.165, 1.54) is 0 Å². The van der Waals surface area contributed by atoms with E-state index in [4.69, 9.17) is 14.6 Å². The van der Waals surface area contributed by atoms with Gasteiger partial charge in [-0.3, -0.25) is 14.4 Å². The number of alkyl carbamates (subject to hydrolysis) is 1. The first-order valence-electron chi connectivity index (χ1n) is 14.5. The molecule has 0 aliphatic heterocycles. The minimum absolute atomic E-state index is 0.116. The number of carboxylic acids is 1. The summed E-state index contributed by atoms with van der Waals surface area (Å²) < 4.78 is 10.9. The topological polar surface area (TPSA) is 163 Å². The normalized spacial score (nSPS) is 16.2. The van der Waals surface area contributed by atoms with Gasteiger partial charge in [0, 0.05) is 13.0 Å². The van der Waals surface area contributed by atoms with Gasteiger partial charge < -0.3 is 35.6 Å². The minimum Gasteiger partial charge on any atom is -0.481 e. The highest BCUT2D eigenvalue weighted by Crippen LogP contribution is 2.28. The average molecular weight is 578 g/mol. The van der Waals surface area contributed by atoms with Crippen molar-refractivity contribution in [2.45, 2.75) is 109 Å². The summed E-state index contributed by atoms with van der Waals surface area (Å²) in [4.78, 5) is 49.3. The molecule has 0 aromatic heterocycles. The molecule has 1 saturated carbocycles. The van der Waals surface area contributed by atoms with E-state index in [9.17, 15) is 24.3 Å². The fourth-order valence-electron chi connectivity index (χ4n) is 4.81. The Morgan fingerprint density at radius 3 is 2.34 bits per heavy atom. The summed E-state index contributed by atoms with van der Waals surface area (Å²) >= 11 is 0. The summed E-state index contributed by atoms with van der Waals surface area (Å²) in [5.74, 6) is -1.96. The number of carbonyl (C=O) groups excluding carboxylic acids is 3. The summed E-state index contributed by atoms with van der Waals surface area (Å²) in [6.45, 7) is 6.02. The van der Waals surface area contributed by atoms with Gasteiger partial charge in [0.15, 0.2) is 0 Å². The smallest absolute Gasteiger partial charge is 0.407 e. The van der Waals surface area contributed by atoms with Crippen LogP contribution in [0.4, 0.5) is 4.79 Å². The van der Waals surface area contributed by atoms with Gasteiger partial charge in [-0.05, 0) is 45.1 Å². The number of rotatable bonds is 16. The molecule has 3 atom stereocenters. The van der Waals surface area contributed by atoms with E-state index >= 15 is 0 Å². The molecular weight excluding hydrogens is 530 g/mol. The summed E-state index contributed by atoms with van der Waals surface area (Å²) in [7, 11) is 0. The second-order valence-electron chi connectivity index (χ2n) is 11.6. The molecule has 0 bridgehead atoms. The number of carbonyl (C=O) groups is 4. The van der Waals surface area contributed by atoms with E-state index < -0.39 is 47.7 Å². The van der Waals surface area contributed by atoms with Gasteiger partial charge in [-0.1, -0.05) is 62.4 Å². The van der Waals surface area contributed by atoms with E-state index in [1.807, 2.05) is 30.3 Å². The van der Waals surface area contributed by atoms with Crippen molar-refractivity contribution in [2.75, 3.05) is 13.2 Å². The monoisotopic (exact) mass is 577 g/mol. The van der Waals surface area contributed by atoms with Gasteiger partial charge in [0.1, 0.15) is 11.6 Å². The van der Waals surface area contributed by atoms with Gasteiger partial charge in [0.2, 0.25) is 11.8 Å². The number of ether oxygens (including phenoxy) is 2. The van der Waals surface area contributed by atoms with E-state index in [2.05, 4.69) is 16.0 Å². The zero-order valence-electron chi connectivity index (χ0n) is 24.5. The molecule has 2 rings (SSSR count). The average Bonchev–Trinajstić information content (AvgIpc) is 2.90. The number of amides is 3. The fourth-order valence-corrected chi connectivity index (χ4v) is 4.81. The summed E-state index contributed by atoms with van der Waals surface area (Å²) in [5, 5.41) is 28.1. The van der Waals surface area contributed by atoms with Crippen LogP contribution in [0.25, 0.3) is 0 Å². The second kappa shape index (κ2) is 17.6. The van der Waals surface area contributed by atoms with Crippen molar-refractivity contribution >= 4 is 23.9 Å². The van der Waals surface area contributed by atoms with Crippen molar-refractivity contribution in [3.05, 3.63) is 35.9 Å². The van der Waals surface area contributed by atoms with E-state index in [1.54, 1.807) is 20.8 Å². The minimum atomic E-state index is -1.22. The Balaban J connectivity index is 1.93. The molecule has 0 spiro atoms. The lowest BCUT2D eigenvalue weighted by Gasteiger charge is -2.31. The molecule has 0 heterocycles. The van der Waals surface area contributed by atoms with Crippen LogP contribution in [0.15, 0.2) is 30.3 Å². The maximum atomic E-state index is 12.9. The fraction of sp³-hybridized carbons (Fsp3) is 0.667. The molecule has 5 N–H and O–H groups in total. The summed E-state index contributed by atoms with van der Waals surface area (Å²) in [6.07, 6.45) is 3.08. The first kappa shape index (κ1) is 34.0. The highest BCUT2D eigenvalue weighted by molar-refractivity contribution is 5.88. The Morgan fingerprint density at radius 2 is 1.71 bits per heavy atom. The van der Waals surface area contributed by atoms with Crippen molar-refractivity contribution in [1.29, 1.82) is 0 Å². The third-order valence-electron chi connectivity index (χ3n) is 6.83. The van der Waals surface area contributed by atoms with Crippen LogP contribution in [0.3, 0.4) is 0 Å². The molecule has 0 radical (unpaired) electrons. The molecule has 11 nitrogen and oxygen atoms in total. The van der Waals surface area contributed by atoms with Crippen LogP contribution in [-0.4, -0.2) is 71.0 Å². The molecule has 41 heavy (non-hydrogen) atoms. The van der Waals surface area contributed by atoms with Crippen molar-refractivity contribution in [3.63, 3.8) is 0 Å². The number of aliphatic carboxylic acids is 1. The molecule has 1 aromatic rings. The van der Waals surface area contributed by atoms with Gasteiger partial charge in [-0.15, -0.1) is 0 Å². The molecular formula is C30H47N3O8. The van der Waals surface area contributed by atoms with Crippen molar-refractivity contribution in [1.82, 2.24) is 16.0 Å². The maximum absolute atomic E-state index is 12.9. The Kier molecular flexibility index (Phi) is 14.6. The van der Waals surface area contributed by atoms with Crippen LogP contribution in [0.5, 0.6) is 0 Å². The molecule has 3 amide bonds. The standard InChI is InChI=1S/C30H47N3O8/c1-30(2,3)41-29(39)33-24(18-21-10-6-4-7-11-21)25(34)19-26(35)32-23(14-15-27(36)37)28(38)31-16-17-40-20-22-12-8-5-9-13-22/h5,8-9,12-13,21,23-25,34H,4,6-7,10-11,14-20H2,1-3H3,(H,31,38)(H,32,35)(H,33,39)(H,36,37)/t23-,24-,25-/m0/s1. The first-order valence-corrected chi connectivity index (χ1v) is 14.5. The highest BCUT2D eigenvalue weighted by atomic mass is 16.6. The van der Waals surface area contributed by atoms with Crippen LogP contribution < -0.4 is 16.0 Å². The zero-order chi connectivity index (χ0) is 30.3. The van der Waals surface area contributed by atoms with Gasteiger partial charge in [-0.2, -0.15) is 0 Å². The van der Waals surface area contributed by atoms with E-state index in [0.29, 0.717) is 18.9 Å². The number of benzene rings is 1. The molecule has 0 unspecified atom stereocenters. The molecule has 1 aliphatic carbocycles. The lowest BCUT2D eigenvalue weighted by atomic mass is 9.83. The van der Waals surface area contributed by atoms with Crippen LogP contribution in [0, 0.1) is 5.92 Å². The van der Waals surface area contributed by atoms with Crippen LogP contribution >= 0.6 is 0 Å².